The van der Waals surface area contributed by atoms with Gasteiger partial charge in [0.2, 0.25) is 10.0 Å². The topological polar surface area (TPSA) is 55.8 Å². The van der Waals surface area contributed by atoms with E-state index in [0.717, 1.165) is 17.7 Å². The Bertz CT molecular complexity index is 590. The molecule has 1 saturated heterocycles. The Morgan fingerprint density at radius 2 is 1.90 bits per heavy atom. The van der Waals surface area contributed by atoms with E-state index in [-0.39, 0.29) is 12.2 Å². The summed E-state index contributed by atoms with van der Waals surface area (Å²) in [5.74, 6) is 0.722. The van der Waals surface area contributed by atoms with Gasteiger partial charge in [0.05, 0.1) is 24.2 Å². The second kappa shape index (κ2) is 6.34. The first-order chi connectivity index (χ1) is 9.88. The fraction of sp³-hybridized carbons (Fsp3) is 0.600. The maximum Gasteiger partial charge on any atom is 0.243 e. The maximum absolute atomic E-state index is 12.8. The monoisotopic (exact) mass is 313 g/mol. The van der Waals surface area contributed by atoms with Crippen molar-refractivity contribution in [1.29, 1.82) is 0 Å². The van der Waals surface area contributed by atoms with Crippen LogP contribution in [0, 0.1) is 0 Å². The van der Waals surface area contributed by atoms with Crippen molar-refractivity contribution in [3.05, 3.63) is 23.8 Å². The lowest BCUT2D eigenvalue weighted by Crippen LogP contribution is -2.48. The van der Waals surface area contributed by atoms with E-state index in [0.29, 0.717) is 18.0 Å². The molecule has 0 N–H and O–H groups in total. The van der Waals surface area contributed by atoms with Gasteiger partial charge in [-0.05, 0) is 44.0 Å². The van der Waals surface area contributed by atoms with Crippen molar-refractivity contribution in [2.45, 2.75) is 44.3 Å². The summed E-state index contributed by atoms with van der Waals surface area (Å²) in [6.45, 7) is 6.54. The van der Waals surface area contributed by atoms with Crippen LogP contribution in [0.4, 0.5) is 0 Å². The average Bonchev–Trinajstić information content (AvgIpc) is 2.45. The van der Waals surface area contributed by atoms with Gasteiger partial charge < -0.3 is 9.47 Å². The molecule has 1 aliphatic heterocycles. The van der Waals surface area contributed by atoms with Gasteiger partial charge in [-0.15, -0.1) is 0 Å². The molecule has 0 bridgehead atoms. The molecule has 1 aromatic carbocycles. The van der Waals surface area contributed by atoms with Crippen molar-refractivity contribution < 1.29 is 17.9 Å². The van der Waals surface area contributed by atoms with Crippen LogP contribution in [0.3, 0.4) is 0 Å². The smallest absolute Gasteiger partial charge is 0.243 e. The zero-order valence-corrected chi connectivity index (χ0v) is 13.8. The third-order valence-corrected chi connectivity index (χ3v) is 5.48. The Morgan fingerprint density at radius 1 is 1.29 bits per heavy atom. The summed E-state index contributed by atoms with van der Waals surface area (Å²) in [4.78, 5) is 0.321. The molecule has 118 valence electrons. The number of aryl methyl sites for hydroxylation is 1. The van der Waals surface area contributed by atoms with Gasteiger partial charge >= 0.3 is 0 Å². The maximum atomic E-state index is 12.8. The molecule has 5 nitrogen and oxygen atoms in total. The van der Waals surface area contributed by atoms with Gasteiger partial charge in [0.15, 0.2) is 0 Å². The summed E-state index contributed by atoms with van der Waals surface area (Å²) < 4.78 is 37.9. The molecule has 1 heterocycles. The zero-order valence-electron chi connectivity index (χ0n) is 13.0. The second-order valence-electron chi connectivity index (χ2n) is 5.41. The van der Waals surface area contributed by atoms with Crippen LogP contribution >= 0.6 is 0 Å². The van der Waals surface area contributed by atoms with E-state index < -0.39 is 10.0 Å². The first kappa shape index (κ1) is 16.3. The lowest BCUT2D eigenvalue weighted by molar-refractivity contribution is -0.0440. The highest BCUT2D eigenvalue weighted by Gasteiger charge is 2.32. The molecule has 2 unspecified atom stereocenters. The van der Waals surface area contributed by atoms with E-state index >= 15 is 0 Å². The molecule has 0 aliphatic carbocycles. The summed E-state index contributed by atoms with van der Waals surface area (Å²) in [5, 5.41) is 0. The second-order valence-corrected chi connectivity index (χ2v) is 7.34. The third-order valence-electron chi connectivity index (χ3n) is 3.66. The number of hydrogen-bond acceptors (Lipinski definition) is 4. The van der Waals surface area contributed by atoms with Crippen molar-refractivity contribution in [2.75, 3.05) is 20.2 Å². The fourth-order valence-electron chi connectivity index (χ4n) is 2.67. The lowest BCUT2D eigenvalue weighted by atomic mass is 10.1. The van der Waals surface area contributed by atoms with Crippen molar-refractivity contribution in [3.63, 3.8) is 0 Å². The van der Waals surface area contributed by atoms with Crippen LogP contribution in [0.15, 0.2) is 23.1 Å². The van der Waals surface area contributed by atoms with Gasteiger partial charge in [-0.2, -0.15) is 4.31 Å². The highest BCUT2D eigenvalue weighted by molar-refractivity contribution is 7.89. The first-order valence-electron chi connectivity index (χ1n) is 7.21. The van der Waals surface area contributed by atoms with Crippen LogP contribution in [0.1, 0.15) is 26.3 Å². The van der Waals surface area contributed by atoms with Crippen LogP contribution in [-0.4, -0.2) is 45.1 Å². The molecule has 1 aliphatic rings. The molecule has 2 atom stereocenters. The molecule has 6 heteroatoms. The number of hydrogen-bond donors (Lipinski definition) is 0. The standard InChI is InChI=1S/C15H23NO4S/c1-5-13-8-14(6-7-15(13)19-4)21(17,18)16-9-11(2)20-12(3)10-16/h6-8,11-12H,5,9-10H2,1-4H3. The van der Waals surface area contributed by atoms with Crippen LogP contribution < -0.4 is 4.74 Å². The van der Waals surface area contributed by atoms with Gasteiger partial charge in [-0.3, -0.25) is 0 Å². The van der Waals surface area contributed by atoms with E-state index in [1.165, 1.54) is 4.31 Å². The van der Waals surface area contributed by atoms with E-state index in [4.69, 9.17) is 9.47 Å². The predicted molar refractivity (Wildman–Crippen MR) is 81.1 cm³/mol. The van der Waals surface area contributed by atoms with E-state index in [2.05, 4.69) is 0 Å². The largest absolute Gasteiger partial charge is 0.496 e. The predicted octanol–water partition coefficient (Wildman–Crippen LogP) is 2.06. The minimum absolute atomic E-state index is 0.0904. The molecular weight excluding hydrogens is 290 g/mol. The highest BCUT2D eigenvalue weighted by atomic mass is 32.2. The van der Waals surface area contributed by atoms with Crippen molar-refractivity contribution in [3.8, 4) is 5.75 Å². The van der Waals surface area contributed by atoms with Crippen LogP contribution in [0.5, 0.6) is 5.75 Å². The average molecular weight is 313 g/mol. The highest BCUT2D eigenvalue weighted by Crippen LogP contribution is 2.26. The van der Waals surface area contributed by atoms with Gasteiger partial charge in [0.25, 0.3) is 0 Å². The molecule has 0 spiro atoms. The normalized spacial score (nSPS) is 24.0. The lowest BCUT2D eigenvalue weighted by Gasteiger charge is -2.34. The first-order valence-corrected chi connectivity index (χ1v) is 8.65. The van der Waals surface area contributed by atoms with Crippen LogP contribution in [0.25, 0.3) is 0 Å². The Hall–Kier alpha value is -1.11. The van der Waals surface area contributed by atoms with Gasteiger partial charge in [0.1, 0.15) is 5.75 Å². The van der Waals surface area contributed by atoms with Crippen molar-refractivity contribution in [1.82, 2.24) is 4.31 Å². The summed E-state index contributed by atoms with van der Waals surface area (Å²) in [7, 11) is -1.90. The molecule has 0 saturated carbocycles. The van der Waals surface area contributed by atoms with Crippen LogP contribution in [-0.2, 0) is 21.2 Å². The number of nitrogens with zero attached hydrogens (tertiary/aromatic N) is 1. The Balaban J connectivity index is 2.35. The van der Waals surface area contributed by atoms with E-state index in [1.54, 1.807) is 25.3 Å². The number of morpholine rings is 1. The zero-order chi connectivity index (χ0) is 15.6. The Morgan fingerprint density at radius 3 is 2.43 bits per heavy atom. The van der Waals surface area contributed by atoms with Crippen molar-refractivity contribution >= 4 is 10.0 Å². The Kier molecular flexibility index (Phi) is 4.91. The fourth-order valence-corrected chi connectivity index (χ4v) is 4.31. The Labute approximate surface area is 126 Å². The molecule has 2 rings (SSSR count). The quantitative estimate of drug-likeness (QED) is 0.854. The minimum atomic E-state index is -3.49. The summed E-state index contributed by atoms with van der Waals surface area (Å²) in [6.07, 6.45) is 0.544. The number of benzene rings is 1. The molecule has 21 heavy (non-hydrogen) atoms. The van der Waals surface area contributed by atoms with E-state index in [9.17, 15) is 8.42 Å². The SMILES string of the molecule is CCc1cc(S(=O)(=O)N2CC(C)OC(C)C2)ccc1OC. The van der Waals surface area contributed by atoms with Crippen molar-refractivity contribution in [2.24, 2.45) is 0 Å². The summed E-state index contributed by atoms with van der Waals surface area (Å²) in [6, 6.07) is 5.04. The molecular formula is C15H23NO4S. The van der Waals surface area contributed by atoms with Gasteiger partial charge in [-0.1, -0.05) is 6.92 Å². The number of methoxy groups -OCH3 is 1. The number of rotatable bonds is 4. The van der Waals surface area contributed by atoms with Crippen LogP contribution in [0.2, 0.25) is 0 Å². The van der Waals surface area contributed by atoms with E-state index in [1.807, 2.05) is 20.8 Å². The molecule has 0 amide bonds. The van der Waals surface area contributed by atoms with Gasteiger partial charge in [-0.25, -0.2) is 8.42 Å². The minimum Gasteiger partial charge on any atom is -0.496 e. The molecule has 1 aromatic rings. The summed E-state index contributed by atoms with van der Waals surface area (Å²) in [5.41, 5.74) is 0.896. The third kappa shape index (κ3) is 3.39. The molecule has 0 aromatic heterocycles. The number of ether oxygens (including phenoxy) is 2. The summed E-state index contributed by atoms with van der Waals surface area (Å²) >= 11 is 0. The number of sulfonamides is 1. The van der Waals surface area contributed by atoms with Gasteiger partial charge in [0, 0.05) is 13.1 Å². The molecule has 0 radical (unpaired) electrons. The molecule has 1 fully saturated rings.